The fourth-order valence-corrected chi connectivity index (χ4v) is 4.64. The molecule has 1 aliphatic heterocycles. The van der Waals surface area contributed by atoms with Crippen LogP contribution in [0.2, 0.25) is 0 Å². The Bertz CT molecular complexity index is 874. The summed E-state index contributed by atoms with van der Waals surface area (Å²) in [4.78, 5) is 40.3. The molecule has 29 heavy (non-hydrogen) atoms. The van der Waals surface area contributed by atoms with Crippen LogP contribution in [0.3, 0.4) is 0 Å². The number of morpholine rings is 1. The van der Waals surface area contributed by atoms with Gasteiger partial charge in [0.25, 0.3) is 0 Å². The molecule has 7 heteroatoms. The average molecular weight is 400 g/mol. The minimum Gasteiger partial charge on any atom is -0.378 e. The zero-order valence-corrected chi connectivity index (χ0v) is 17.2. The van der Waals surface area contributed by atoms with Gasteiger partial charge in [0.05, 0.1) is 30.0 Å². The molecular weight excluding hydrogens is 372 g/mol. The molecule has 156 valence electrons. The van der Waals surface area contributed by atoms with E-state index in [0.29, 0.717) is 74.6 Å². The summed E-state index contributed by atoms with van der Waals surface area (Å²) in [5.74, 6) is 0.428. The molecule has 7 nitrogen and oxygen atoms in total. The predicted molar refractivity (Wildman–Crippen MR) is 105 cm³/mol. The van der Waals surface area contributed by atoms with Gasteiger partial charge in [0.15, 0.2) is 17.3 Å². The molecule has 0 aromatic carbocycles. The lowest BCUT2D eigenvalue weighted by Gasteiger charge is -2.34. The van der Waals surface area contributed by atoms with E-state index >= 15 is 0 Å². The molecule has 1 fully saturated rings. The highest BCUT2D eigenvalue weighted by molar-refractivity contribution is 6.21. The van der Waals surface area contributed by atoms with E-state index in [2.05, 4.69) is 10.1 Å². The summed E-state index contributed by atoms with van der Waals surface area (Å²) in [7, 11) is 0. The first-order valence-corrected chi connectivity index (χ1v) is 10.5. The first-order valence-electron chi connectivity index (χ1n) is 10.5. The Hall–Kier alpha value is -2.28. The van der Waals surface area contributed by atoms with Crippen LogP contribution in [-0.2, 0) is 27.2 Å². The van der Waals surface area contributed by atoms with E-state index < -0.39 is 0 Å². The number of carbonyl (C=O) groups is 3. The number of carbonyl (C=O) groups excluding carboxylic acids is 3. The molecule has 0 atom stereocenters. The lowest BCUT2D eigenvalue weighted by molar-refractivity contribution is -0.122. The number of Topliss-reactive ketones (excluding diaryl/α,β-unsaturated/α-hetero) is 3. The molecule has 4 rings (SSSR count). The number of aryl methyl sites for hydroxylation is 1. The Kier molecular flexibility index (Phi) is 5.42. The van der Waals surface area contributed by atoms with Gasteiger partial charge in [0.1, 0.15) is 5.76 Å². The minimum atomic E-state index is -0.156. The van der Waals surface area contributed by atoms with Gasteiger partial charge in [0.2, 0.25) is 0 Å². The predicted octanol–water partition coefficient (Wildman–Crippen LogP) is 2.67. The maximum atomic E-state index is 13.0. The summed E-state index contributed by atoms with van der Waals surface area (Å²) in [6.07, 6.45) is 3.54. The lowest BCUT2D eigenvalue weighted by atomic mass is 9.76. The molecule has 0 amide bonds. The van der Waals surface area contributed by atoms with E-state index in [0.717, 1.165) is 18.5 Å². The second-order valence-electron chi connectivity index (χ2n) is 8.99. The Morgan fingerprint density at radius 2 is 1.86 bits per heavy atom. The summed E-state index contributed by atoms with van der Waals surface area (Å²) in [5, 5.41) is 4.08. The van der Waals surface area contributed by atoms with Crippen molar-refractivity contribution in [3.05, 3.63) is 28.3 Å². The lowest BCUT2D eigenvalue weighted by Crippen LogP contribution is -2.38. The minimum absolute atomic E-state index is 0.0295. The van der Waals surface area contributed by atoms with Gasteiger partial charge in [0, 0.05) is 50.9 Å². The molecule has 2 aliphatic carbocycles. The Balaban J connectivity index is 1.52. The van der Waals surface area contributed by atoms with Crippen LogP contribution in [0.5, 0.6) is 0 Å². The first-order chi connectivity index (χ1) is 13.9. The third-order valence-corrected chi connectivity index (χ3v) is 6.04. The van der Waals surface area contributed by atoms with Gasteiger partial charge in [-0.15, -0.1) is 0 Å². The van der Waals surface area contributed by atoms with Gasteiger partial charge in [-0.25, -0.2) is 0 Å². The molecule has 0 N–H and O–H groups in total. The van der Waals surface area contributed by atoms with Gasteiger partial charge in [-0.05, 0) is 18.3 Å². The summed E-state index contributed by atoms with van der Waals surface area (Å²) in [6.45, 7) is 6.72. The fourth-order valence-electron chi connectivity index (χ4n) is 4.64. The monoisotopic (exact) mass is 400 g/mol. The van der Waals surface area contributed by atoms with Crippen LogP contribution >= 0.6 is 0 Å². The number of ether oxygens (including phenoxy) is 1. The van der Waals surface area contributed by atoms with Gasteiger partial charge in [-0.1, -0.05) is 19.0 Å². The van der Waals surface area contributed by atoms with Gasteiger partial charge in [-0.3, -0.25) is 14.4 Å². The number of allylic oxidation sites excluding steroid dienone is 2. The zero-order valence-electron chi connectivity index (χ0n) is 17.2. The topological polar surface area (TPSA) is 89.7 Å². The van der Waals surface area contributed by atoms with Crippen LogP contribution < -0.4 is 0 Å². The Labute approximate surface area is 170 Å². The number of hydrogen-bond acceptors (Lipinski definition) is 7. The van der Waals surface area contributed by atoms with Gasteiger partial charge >= 0.3 is 0 Å². The van der Waals surface area contributed by atoms with E-state index in [-0.39, 0.29) is 29.2 Å². The molecule has 0 radical (unpaired) electrons. The summed E-state index contributed by atoms with van der Waals surface area (Å²) in [6, 6.07) is 0. The SMILES string of the molecule is CC1(C)CC(=O)c2c(CCC(=O)C3=C(N4CCOCC4)CCCC3=O)noc2C1. The number of hydrogen-bond donors (Lipinski definition) is 0. The molecule has 1 aromatic heterocycles. The van der Waals surface area contributed by atoms with Crippen molar-refractivity contribution in [2.75, 3.05) is 26.3 Å². The van der Waals surface area contributed by atoms with Crippen molar-refractivity contribution in [3.8, 4) is 0 Å². The number of ketones is 3. The van der Waals surface area contributed by atoms with E-state index in [1.807, 2.05) is 13.8 Å². The second kappa shape index (κ2) is 7.86. The van der Waals surface area contributed by atoms with Gasteiger partial charge in [-0.2, -0.15) is 0 Å². The van der Waals surface area contributed by atoms with Crippen LogP contribution in [0.25, 0.3) is 0 Å². The van der Waals surface area contributed by atoms with Gasteiger partial charge < -0.3 is 14.2 Å². The third-order valence-electron chi connectivity index (χ3n) is 6.04. The van der Waals surface area contributed by atoms with Crippen LogP contribution in [-0.4, -0.2) is 53.7 Å². The van der Waals surface area contributed by atoms with Crippen molar-refractivity contribution < 1.29 is 23.6 Å². The highest BCUT2D eigenvalue weighted by Gasteiger charge is 2.37. The fraction of sp³-hybridized carbons (Fsp3) is 0.636. The van der Waals surface area contributed by atoms with E-state index in [9.17, 15) is 14.4 Å². The van der Waals surface area contributed by atoms with Crippen molar-refractivity contribution in [2.45, 2.75) is 58.8 Å². The molecule has 0 saturated carbocycles. The Morgan fingerprint density at radius 3 is 2.62 bits per heavy atom. The number of aromatic nitrogens is 1. The van der Waals surface area contributed by atoms with Crippen LogP contribution in [0.1, 0.15) is 67.8 Å². The third kappa shape index (κ3) is 4.06. The smallest absolute Gasteiger partial charge is 0.168 e. The highest BCUT2D eigenvalue weighted by Crippen LogP contribution is 2.36. The van der Waals surface area contributed by atoms with Crippen LogP contribution in [0, 0.1) is 5.41 Å². The second-order valence-corrected chi connectivity index (χ2v) is 8.99. The van der Waals surface area contributed by atoms with Crippen molar-refractivity contribution in [2.24, 2.45) is 5.41 Å². The maximum absolute atomic E-state index is 13.0. The van der Waals surface area contributed by atoms with E-state index in [1.165, 1.54) is 0 Å². The zero-order chi connectivity index (χ0) is 20.6. The summed E-state index contributed by atoms with van der Waals surface area (Å²) in [5.41, 5.74) is 2.18. The average Bonchev–Trinajstić information content (AvgIpc) is 3.08. The first kappa shape index (κ1) is 20.0. The van der Waals surface area contributed by atoms with Crippen molar-refractivity contribution in [1.29, 1.82) is 0 Å². The molecular formula is C22H28N2O5. The van der Waals surface area contributed by atoms with Crippen molar-refractivity contribution >= 4 is 17.3 Å². The van der Waals surface area contributed by atoms with Crippen LogP contribution in [0.4, 0.5) is 0 Å². The molecule has 0 bridgehead atoms. The number of rotatable bonds is 5. The van der Waals surface area contributed by atoms with Crippen LogP contribution in [0.15, 0.2) is 15.8 Å². The van der Waals surface area contributed by atoms with Crippen molar-refractivity contribution in [1.82, 2.24) is 10.1 Å². The largest absolute Gasteiger partial charge is 0.378 e. The van der Waals surface area contributed by atoms with Crippen molar-refractivity contribution in [3.63, 3.8) is 0 Å². The highest BCUT2D eigenvalue weighted by atomic mass is 16.5. The molecule has 1 saturated heterocycles. The molecule has 3 aliphatic rings. The normalized spacial score (nSPS) is 22.1. The van der Waals surface area contributed by atoms with E-state index in [4.69, 9.17) is 9.26 Å². The maximum Gasteiger partial charge on any atom is 0.168 e. The molecule has 2 heterocycles. The molecule has 0 spiro atoms. The quantitative estimate of drug-likeness (QED) is 0.702. The molecule has 0 unspecified atom stereocenters. The van der Waals surface area contributed by atoms with E-state index in [1.54, 1.807) is 0 Å². The summed E-state index contributed by atoms with van der Waals surface area (Å²) < 4.78 is 10.8. The Morgan fingerprint density at radius 1 is 1.10 bits per heavy atom. The number of fused-ring (bicyclic) bond motifs is 1. The standard InChI is InChI=1S/C22H28N2O5/c1-22(2)12-18(27)20-14(23-29-19(20)13-22)6-7-17(26)21-15(4-3-5-16(21)25)24-8-10-28-11-9-24/h3-13H2,1-2H3. The summed E-state index contributed by atoms with van der Waals surface area (Å²) >= 11 is 0. The number of nitrogens with zero attached hydrogens (tertiary/aromatic N) is 2. The molecule has 1 aromatic rings.